The first-order chi connectivity index (χ1) is 14.9. The Morgan fingerprint density at radius 1 is 1.19 bits per heavy atom. The van der Waals surface area contributed by atoms with E-state index in [1.165, 1.54) is 41.4 Å². The number of rotatable bonds is 8. The van der Waals surface area contributed by atoms with Gasteiger partial charge in [0.1, 0.15) is 5.75 Å². The van der Waals surface area contributed by atoms with E-state index in [1.807, 2.05) is 30.5 Å². The summed E-state index contributed by atoms with van der Waals surface area (Å²) in [6.45, 7) is -0.251. The minimum absolute atomic E-state index is 0.0567. The summed E-state index contributed by atoms with van der Waals surface area (Å²) in [5.41, 5.74) is 0.675. The minimum Gasteiger partial charge on any atom is -0.495 e. The monoisotopic (exact) mass is 482 g/mol. The molecule has 0 spiro atoms. The zero-order valence-corrected chi connectivity index (χ0v) is 20.0. The van der Waals surface area contributed by atoms with Gasteiger partial charge in [-0.05, 0) is 49.4 Å². The Balaban J connectivity index is 1.89. The van der Waals surface area contributed by atoms with Crippen LogP contribution in [0.5, 0.6) is 5.75 Å². The Kier molecular flexibility index (Phi) is 8.27. The van der Waals surface area contributed by atoms with Crippen molar-refractivity contribution in [1.82, 2.24) is 4.31 Å². The number of anilines is 1. The lowest BCUT2D eigenvalue weighted by atomic mass is 9.95. The van der Waals surface area contributed by atoms with Crippen LogP contribution < -0.4 is 10.1 Å². The van der Waals surface area contributed by atoms with Crippen LogP contribution in [0.25, 0.3) is 0 Å². The third-order valence-electron chi connectivity index (χ3n) is 5.39. The molecule has 3 rings (SSSR count). The van der Waals surface area contributed by atoms with E-state index in [4.69, 9.17) is 16.3 Å². The fraction of sp³-hybridized carbons (Fsp3) is 0.409. The van der Waals surface area contributed by atoms with Gasteiger partial charge in [0.15, 0.2) is 0 Å². The van der Waals surface area contributed by atoms with Crippen LogP contribution in [0, 0.1) is 0 Å². The highest BCUT2D eigenvalue weighted by atomic mass is 35.5. The van der Waals surface area contributed by atoms with E-state index in [9.17, 15) is 13.2 Å². The number of benzene rings is 2. The fourth-order valence-corrected chi connectivity index (χ4v) is 6.35. The molecule has 9 heteroatoms. The average molecular weight is 483 g/mol. The standard InChI is InChI=1S/C22H27ClN2O4S2/c1-29-20-13-12-17(14-18(20)23)31(27,28)25(16-8-4-3-5-9-16)15-22(26)24-19-10-6-7-11-21(19)30-2/h6-7,10-14,16H,3-5,8-9,15H2,1-2H3,(H,24,26). The molecule has 0 aromatic heterocycles. The van der Waals surface area contributed by atoms with E-state index in [-0.39, 0.29) is 28.4 Å². The molecule has 0 atom stereocenters. The number of halogens is 1. The molecule has 0 radical (unpaired) electrons. The van der Waals surface area contributed by atoms with Crippen molar-refractivity contribution in [3.05, 3.63) is 47.5 Å². The largest absolute Gasteiger partial charge is 0.495 e. The zero-order valence-electron chi connectivity index (χ0n) is 17.6. The van der Waals surface area contributed by atoms with Crippen LogP contribution in [0.15, 0.2) is 52.3 Å². The first-order valence-corrected chi connectivity index (χ1v) is 13.2. The quantitative estimate of drug-likeness (QED) is 0.534. The first kappa shape index (κ1) is 23.9. The molecule has 1 fully saturated rings. The summed E-state index contributed by atoms with van der Waals surface area (Å²) in [4.78, 5) is 13.9. The first-order valence-electron chi connectivity index (χ1n) is 10.1. The summed E-state index contributed by atoms with van der Waals surface area (Å²) in [6, 6.07) is 11.6. The van der Waals surface area contributed by atoms with Gasteiger partial charge in [0.05, 0.1) is 29.3 Å². The van der Waals surface area contributed by atoms with Gasteiger partial charge in [0.2, 0.25) is 15.9 Å². The molecule has 0 aliphatic heterocycles. The third kappa shape index (κ3) is 5.74. The summed E-state index contributed by atoms with van der Waals surface area (Å²) in [5.74, 6) is 0.0338. The Morgan fingerprint density at radius 2 is 1.90 bits per heavy atom. The van der Waals surface area contributed by atoms with E-state index >= 15 is 0 Å². The summed E-state index contributed by atoms with van der Waals surface area (Å²) >= 11 is 7.70. The number of para-hydroxylation sites is 1. The van der Waals surface area contributed by atoms with E-state index in [0.717, 1.165) is 37.0 Å². The van der Waals surface area contributed by atoms with Gasteiger partial charge < -0.3 is 10.1 Å². The molecule has 2 aromatic rings. The lowest BCUT2D eigenvalue weighted by Gasteiger charge is -2.33. The maximum Gasteiger partial charge on any atom is 0.243 e. The Hall–Kier alpha value is -1.74. The molecule has 1 amide bonds. The van der Waals surface area contributed by atoms with Crippen molar-refractivity contribution in [3.63, 3.8) is 0 Å². The van der Waals surface area contributed by atoms with E-state index in [1.54, 1.807) is 0 Å². The molecule has 168 valence electrons. The van der Waals surface area contributed by atoms with Crippen molar-refractivity contribution in [2.75, 3.05) is 25.2 Å². The SMILES string of the molecule is COc1ccc(S(=O)(=O)N(CC(=O)Nc2ccccc2SC)C2CCCCC2)cc1Cl. The molecule has 0 heterocycles. The van der Waals surface area contributed by atoms with Crippen molar-refractivity contribution in [1.29, 1.82) is 0 Å². The lowest BCUT2D eigenvalue weighted by Crippen LogP contribution is -2.45. The highest BCUT2D eigenvalue weighted by Gasteiger charge is 2.34. The Bertz CT molecular complexity index is 1020. The van der Waals surface area contributed by atoms with Gasteiger partial charge in [-0.1, -0.05) is 43.0 Å². The summed E-state index contributed by atoms with van der Waals surface area (Å²) < 4.78 is 33.5. The van der Waals surface area contributed by atoms with Crippen molar-refractivity contribution in [3.8, 4) is 5.75 Å². The van der Waals surface area contributed by atoms with Crippen LogP contribution in [0.2, 0.25) is 5.02 Å². The third-order valence-corrected chi connectivity index (χ3v) is 8.38. The zero-order chi connectivity index (χ0) is 22.4. The minimum atomic E-state index is -3.92. The maximum absolute atomic E-state index is 13.5. The van der Waals surface area contributed by atoms with Crippen molar-refractivity contribution in [2.45, 2.75) is 47.9 Å². The van der Waals surface area contributed by atoms with Gasteiger partial charge in [-0.15, -0.1) is 11.8 Å². The van der Waals surface area contributed by atoms with E-state index in [2.05, 4.69) is 5.32 Å². The van der Waals surface area contributed by atoms with E-state index < -0.39 is 10.0 Å². The van der Waals surface area contributed by atoms with Gasteiger partial charge in [-0.2, -0.15) is 4.31 Å². The molecule has 1 N–H and O–H groups in total. The van der Waals surface area contributed by atoms with Crippen LogP contribution in [0.1, 0.15) is 32.1 Å². The molecule has 0 saturated heterocycles. The second-order valence-electron chi connectivity index (χ2n) is 7.39. The van der Waals surface area contributed by atoms with Crippen LogP contribution in [0.4, 0.5) is 5.69 Å². The highest BCUT2D eigenvalue weighted by Crippen LogP contribution is 2.32. The molecule has 1 aliphatic carbocycles. The smallest absolute Gasteiger partial charge is 0.243 e. The Morgan fingerprint density at radius 3 is 2.55 bits per heavy atom. The van der Waals surface area contributed by atoms with Gasteiger partial charge in [-0.3, -0.25) is 4.79 Å². The molecule has 1 saturated carbocycles. The van der Waals surface area contributed by atoms with Crippen LogP contribution in [-0.2, 0) is 14.8 Å². The molecule has 31 heavy (non-hydrogen) atoms. The molecule has 1 aliphatic rings. The average Bonchev–Trinajstić information content (AvgIpc) is 2.78. The maximum atomic E-state index is 13.5. The number of hydrogen-bond acceptors (Lipinski definition) is 5. The van der Waals surface area contributed by atoms with Gasteiger partial charge in [-0.25, -0.2) is 8.42 Å². The summed E-state index contributed by atoms with van der Waals surface area (Å²) in [7, 11) is -2.45. The number of thioether (sulfide) groups is 1. The summed E-state index contributed by atoms with van der Waals surface area (Å²) in [6.07, 6.45) is 6.35. The number of amides is 1. The second kappa shape index (κ2) is 10.7. The topological polar surface area (TPSA) is 75.7 Å². The van der Waals surface area contributed by atoms with Crippen molar-refractivity contribution < 1.29 is 17.9 Å². The van der Waals surface area contributed by atoms with Gasteiger partial charge in [0, 0.05) is 10.9 Å². The predicted molar refractivity (Wildman–Crippen MR) is 126 cm³/mol. The molecule has 0 bridgehead atoms. The fourth-order valence-electron chi connectivity index (χ4n) is 3.80. The number of ether oxygens (including phenoxy) is 1. The van der Waals surface area contributed by atoms with Crippen LogP contribution in [-0.4, -0.2) is 44.6 Å². The van der Waals surface area contributed by atoms with E-state index in [0.29, 0.717) is 11.4 Å². The van der Waals surface area contributed by atoms with Gasteiger partial charge in [0.25, 0.3) is 0 Å². The normalized spacial score (nSPS) is 15.1. The molecule has 2 aromatic carbocycles. The van der Waals surface area contributed by atoms with Crippen LogP contribution >= 0.6 is 23.4 Å². The molecule has 6 nitrogen and oxygen atoms in total. The summed E-state index contributed by atoms with van der Waals surface area (Å²) in [5, 5.41) is 3.09. The number of carbonyl (C=O) groups is 1. The van der Waals surface area contributed by atoms with Gasteiger partial charge >= 0.3 is 0 Å². The van der Waals surface area contributed by atoms with Crippen molar-refractivity contribution >= 4 is 45.0 Å². The highest BCUT2D eigenvalue weighted by molar-refractivity contribution is 7.98. The Labute approximate surface area is 193 Å². The molecular formula is C22H27ClN2O4S2. The van der Waals surface area contributed by atoms with Crippen molar-refractivity contribution in [2.24, 2.45) is 0 Å². The number of carbonyl (C=O) groups excluding carboxylic acids is 1. The number of nitrogens with one attached hydrogen (secondary N) is 1. The number of methoxy groups -OCH3 is 1. The number of sulfonamides is 1. The molecular weight excluding hydrogens is 456 g/mol. The number of nitrogens with zero attached hydrogens (tertiary/aromatic N) is 1. The predicted octanol–water partition coefficient (Wildman–Crippen LogP) is 5.03. The molecule has 0 unspecified atom stereocenters. The lowest BCUT2D eigenvalue weighted by molar-refractivity contribution is -0.116. The van der Waals surface area contributed by atoms with Crippen LogP contribution in [0.3, 0.4) is 0 Å². The second-order valence-corrected chi connectivity index (χ2v) is 10.5. The number of hydrogen-bond donors (Lipinski definition) is 1.